The van der Waals surface area contributed by atoms with Gasteiger partial charge in [0.1, 0.15) is 4.84 Å². The van der Waals surface area contributed by atoms with E-state index in [1.165, 1.54) is 36.2 Å². The molecule has 0 spiro atoms. The van der Waals surface area contributed by atoms with E-state index in [9.17, 15) is 0 Å². The fourth-order valence-corrected chi connectivity index (χ4v) is 10.6. The van der Waals surface area contributed by atoms with Gasteiger partial charge >= 0.3 is 19.5 Å². The fourth-order valence-electron chi connectivity index (χ4n) is 5.63. The summed E-state index contributed by atoms with van der Waals surface area (Å²) in [7, 11) is 0.385. The van der Waals surface area contributed by atoms with Gasteiger partial charge < -0.3 is 0 Å². The van der Waals surface area contributed by atoms with Crippen molar-refractivity contribution in [2.45, 2.75) is 118 Å². The quantitative estimate of drug-likeness (QED) is 0.202. The van der Waals surface area contributed by atoms with Gasteiger partial charge in [-0.3, -0.25) is 0 Å². The molecule has 0 N–H and O–H groups in total. The van der Waals surface area contributed by atoms with E-state index in [1.807, 2.05) is 30.3 Å². The van der Waals surface area contributed by atoms with Crippen molar-refractivity contribution >= 4 is 31.1 Å². The molecule has 29 heavy (non-hydrogen) atoms. The predicted octanol–water partition coefficient (Wildman–Crippen LogP) is 9.63. The van der Waals surface area contributed by atoms with Gasteiger partial charge in [0, 0.05) is 0 Å². The van der Waals surface area contributed by atoms with Gasteiger partial charge in [0.2, 0.25) is 0 Å². The summed E-state index contributed by atoms with van der Waals surface area (Å²) >= 11 is 11.1. The van der Waals surface area contributed by atoms with Gasteiger partial charge in [-0.15, -0.1) is 23.2 Å². The van der Waals surface area contributed by atoms with Crippen molar-refractivity contribution in [2.75, 3.05) is 0 Å². The minimum atomic E-state index is -0.397. The van der Waals surface area contributed by atoms with Crippen LogP contribution >= 0.6 is 31.1 Å². The molecule has 3 aliphatic carbocycles. The average Bonchev–Trinajstić information content (AvgIpc) is 2.77. The molecule has 4 heteroatoms. The third kappa shape index (κ3) is 8.72. The normalized spacial score (nSPS) is 22.1. The second-order valence-corrected chi connectivity index (χ2v) is 13.2. The Labute approximate surface area is 203 Å². The van der Waals surface area contributed by atoms with Crippen LogP contribution in [0.15, 0.2) is 30.3 Å². The van der Waals surface area contributed by atoms with E-state index < -0.39 is 4.84 Å². The number of rotatable bonds is 4. The standard InChI is InChI=1S/C18H33P.C7H6Cl2.Ru/c1-4-10-16(11-5-1)19(17-12-6-2-7-13-17)18-14-8-3-9-15-18;8-7(9)6-4-2-1-3-5-6;/h16-18H,1-15H2;1-5,7H;/q;;+4. The Morgan fingerprint density at radius 3 is 1.21 bits per heavy atom. The number of hydrogen-bond donors (Lipinski definition) is 0. The number of hydrogen-bond acceptors (Lipinski definition) is 0. The zero-order valence-electron chi connectivity index (χ0n) is 17.9. The van der Waals surface area contributed by atoms with Crippen molar-refractivity contribution in [3.05, 3.63) is 35.9 Å². The van der Waals surface area contributed by atoms with Gasteiger partial charge in [-0.05, 0) is 61.1 Å². The molecule has 0 aromatic heterocycles. The molecular weight excluding hydrogens is 503 g/mol. The van der Waals surface area contributed by atoms with Crippen molar-refractivity contribution in [1.29, 1.82) is 0 Å². The molecule has 3 aliphatic rings. The van der Waals surface area contributed by atoms with E-state index in [-0.39, 0.29) is 19.5 Å². The van der Waals surface area contributed by atoms with E-state index in [0.717, 1.165) is 5.56 Å². The summed E-state index contributed by atoms with van der Waals surface area (Å²) in [6.07, 6.45) is 23.6. The van der Waals surface area contributed by atoms with Gasteiger partial charge in [-0.25, -0.2) is 0 Å². The minimum Gasteiger partial charge on any atom is -0.100 e. The molecule has 0 amide bonds. The Hall–Kier alpha value is 0.853. The van der Waals surface area contributed by atoms with Crippen LogP contribution in [0, 0.1) is 0 Å². The fraction of sp³-hybridized carbons (Fsp3) is 0.760. The molecular formula is C25H39Cl2PRu+4. The first-order chi connectivity index (χ1) is 13.8. The summed E-state index contributed by atoms with van der Waals surface area (Å²) in [6, 6.07) is 9.54. The summed E-state index contributed by atoms with van der Waals surface area (Å²) in [5.74, 6) is 0. The van der Waals surface area contributed by atoms with Gasteiger partial charge in [-0.2, -0.15) is 0 Å². The summed E-state index contributed by atoms with van der Waals surface area (Å²) in [5, 5.41) is 0. The van der Waals surface area contributed by atoms with Crippen molar-refractivity contribution in [3.8, 4) is 0 Å². The van der Waals surface area contributed by atoms with Crippen LogP contribution in [0.5, 0.6) is 0 Å². The Kier molecular flexibility index (Phi) is 13.3. The van der Waals surface area contributed by atoms with Crippen LogP contribution in [0.4, 0.5) is 0 Å². The zero-order valence-corrected chi connectivity index (χ0v) is 22.0. The van der Waals surface area contributed by atoms with E-state index in [0.29, 0.717) is 7.92 Å². The SMILES string of the molecule is C1CCC(P(C2CCCCC2)C2CCCCC2)CC1.ClC(Cl)c1ccccc1.[Ru+4]. The molecule has 3 saturated carbocycles. The molecule has 0 bridgehead atoms. The number of halogens is 2. The molecule has 0 heterocycles. The summed E-state index contributed by atoms with van der Waals surface area (Å²) in [5.41, 5.74) is 4.51. The maximum absolute atomic E-state index is 5.57. The monoisotopic (exact) mass is 542 g/mol. The molecule has 0 nitrogen and oxygen atoms in total. The topological polar surface area (TPSA) is 0 Å². The van der Waals surface area contributed by atoms with Crippen LogP contribution < -0.4 is 0 Å². The van der Waals surface area contributed by atoms with Gasteiger partial charge in [0.25, 0.3) is 0 Å². The molecule has 0 aliphatic heterocycles. The van der Waals surface area contributed by atoms with Crippen LogP contribution in [-0.2, 0) is 19.5 Å². The van der Waals surface area contributed by atoms with Crippen molar-refractivity contribution < 1.29 is 19.5 Å². The molecule has 1 aromatic rings. The molecule has 3 fully saturated rings. The molecule has 4 rings (SSSR count). The van der Waals surface area contributed by atoms with Crippen LogP contribution in [0.2, 0.25) is 0 Å². The van der Waals surface area contributed by atoms with Gasteiger partial charge in [0.05, 0.1) is 0 Å². The van der Waals surface area contributed by atoms with Crippen LogP contribution in [0.25, 0.3) is 0 Å². The predicted molar refractivity (Wildman–Crippen MR) is 128 cm³/mol. The van der Waals surface area contributed by atoms with Gasteiger partial charge in [-0.1, -0.05) is 96.0 Å². The van der Waals surface area contributed by atoms with Gasteiger partial charge in [0.15, 0.2) is 0 Å². The van der Waals surface area contributed by atoms with E-state index in [1.54, 1.807) is 77.0 Å². The second-order valence-electron chi connectivity index (χ2n) is 9.03. The van der Waals surface area contributed by atoms with Crippen molar-refractivity contribution in [1.82, 2.24) is 0 Å². The summed E-state index contributed by atoms with van der Waals surface area (Å²) in [4.78, 5) is -0.397. The van der Waals surface area contributed by atoms with Crippen molar-refractivity contribution in [2.24, 2.45) is 0 Å². The molecule has 0 radical (unpaired) electrons. The van der Waals surface area contributed by atoms with Crippen molar-refractivity contribution in [3.63, 3.8) is 0 Å². The smallest absolute Gasteiger partial charge is 0.100 e. The average molecular weight is 543 g/mol. The maximum atomic E-state index is 5.57. The molecule has 1 aromatic carbocycles. The molecule has 0 atom stereocenters. The first-order valence-corrected chi connectivity index (χ1v) is 14.3. The first kappa shape index (κ1) is 26.1. The van der Waals surface area contributed by atoms with Crippen LogP contribution in [0.3, 0.4) is 0 Å². The summed E-state index contributed by atoms with van der Waals surface area (Å²) in [6.45, 7) is 0. The first-order valence-electron chi connectivity index (χ1n) is 11.9. The molecule has 0 unspecified atom stereocenters. The third-order valence-corrected chi connectivity index (χ3v) is 11.6. The second kappa shape index (κ2) is 14.8. The minimum absolute atomic E-state index is 0. The third-order valence-electron chi connectivity index (χ3n) is 7.04. The Balaban J connectivity index is 0.000000255. The largest absolute Gasteiger partial charge is 4.00 e. The van der Waals surface area contributed by atoms with Crippen LogP contribution in [-0.4, -0.2) is 17.0 Å². The summed E-state index contributed by atoms with van der Waals surface area (Å²) < 4.78 is 0. The zero-order chi connectivity index (χ0) is 19.6. The molecule has 162 valence electrons. The number of benzene rings is 1. The number of alkyl halides is 2. The maximum Gasteiger partial charge on any atom is 4.00 e. The van der Waals surface area contributed by atoms with E-state index in [2.05, 4.69) is 0 Å². The molecule has 0 saturated heterocycles. The Morgan fingerprint density at radius 1 is 0.586 bits per heavy atom. The Morgan fingerprint density at radius 2 is 0.931 bits per heavy atom. The Bertz CT molecular complexity index is 478. The van der Waals surface area contributed by atoms with E-state index in [4.69, 9.17) is 23.2 Å². The van der Waals surface area contributed by atoms with Crippen LogP contribution in [0.1, 0.15) is 107 Å². The van der Waals surface area contributed by atoms with E-state index >= 15 is 0 Å².